The Bertz CT molecular complexity index is 573. The summed E-state index contributed by atoms with van der Waals surface area (Å²) in [5, 5.41) is 1.27. The molecule has 0 bridgehead atoms. The minimum absolute atomic E-state index is 0.362. The van der Waals surface area contributed by atoms with Gasteiger partial charge in [0.2, 0.25) is 0 Å². The van der Waals surface area contributed by atoms with Crippen LogP contribution in [-0.2, 0) is 11.3 Å². The fourth-order valence-electron chi connectivity index (χ4n) is 1.73. The van der Waals surface area contributed by atoms with Gasteiger partial charge in [0.1, 0.15) is 16.8 Å². The van der Waals surface area contributed by atoms with Crippen molar-refractivity contribution in [2.24, 2.45) is 0 Å². The minimum Gasteiger partial charge on any atom is -0.377 e. The summed E-state index contributed by atoms with van der Waals surface area (Å²) in [4.78, 5) is 9.67. The van der Waals surface area contributed by atoms with Crippen LogP contribution in [0.5, 0.6) is 0 Å². The summed E-state index contributed by atoms with van der Waals surface area (Å²) in [6, 6.07) is 10.3. The Morgan fingerprint density at radius 2 is 1.90 bits per heavy atom. The Balaban J connectivity index is 2.16. The molecule has 2 aromatic rings. The molecule has 0 unspecified atom stereocenters. The Morgan fingerprint density at radius 1 is 1.20 bits per heavy atom. The molecule has 0 spiro atoms. The maximum Gasteiger partial charge on any atom is 0.156 e. The quantitative estimate of drug-likeness (QED) is 0.759. The molecule has 0 N–H and O–H groups in total. The number of ether oxygens (including phenoxy) is 1. The molecule has 1 aromatic carbocycles. The van der Waals surface area contributed by atoms with Crippen molar-refractivity contribution in [1.29, 1.82) is 0 Å². The van der Waals surface area contributed by atoms with Gasteiger partial charge in [-0.1, -0.05) is 49.3 Å². The fraction of sp³-hybridized carbons (Fsp3) is 0.333. The lowest BCUT2D eigenvalue weighted by atomic mass is 10.0. The summed E-state index contributed by atoms with van der Waals surface area (Å²) in [5.74, 6) is 1.14. The van der Waals surface area contributed by atoms with Gasteiger partial charge in [0.15, 0.2) is 5.82 Å². The first-order valence-electron chi connectivity index (χ1n) is 6.38. The van der Waals surface area contributed by atoms with Gasteiger partial charge in [-0.05, 0) is 23.6 Å². The summed E-state index contributed by atoms with van der Waals surface area (Å²) in [6.07, 6.45) is 0. The molecule has 0 aliphatic heterocycles. The second-order valence-electron chi connectivity index (χ2n) is 4.70. The summed E-state index contributed by atoms with van der Waals surface area (Å²) < 4.78 is 5.04. The lowest BCUT2D eigenvalue weighted by Gasteiger charge is -2.07. The van der Waals surface area contributed by atoms with Gasteiger partial charge in [-0.15, -0.1) is 0 Å². The molecule has 1 aromatic heterocycles. The van der Waals surface area contributed by atoms with Crippen molar-refractivity contribution in [3.05, 3.63) is 46.9 Å². The number of methoxy groups -OCH3 is 1. The molecule has 0 saturated carbocycles. The number of rotatable bonds is 5. The molecule has 0 aliphatic carbocycles. The first-order chi connectivity index (χ1) is 9.58. The third-order valence-electron chi connectivity index (χ3n) is 2.76. The lowest BCUT2D eigenvalue weighted by molar-refractivity contribution is 0.177. The van der Waals surface area contributed by atoms with Crippen LogP contribution in [0.15, 0.2) is 40.3 Å². The normalized spacial score (nSPS) is 11.1. The molecular weight excluding hydrogens is 292 g/mol. The zero-order chi connectivity index (χ0) is 14.5. The molecule has 0 saturated heterocycles. The molecule has 0 aliphatic rings. The topological polar surface area (TPSA) is 35.0 Å². The van der Waals surface area contributed by atoms with Gasteiger partial charge in [0.05, 0.1) is 0 Å². The number of halogens is 1. The van der Waals surface area contributed by atoms with Crippen LogP contribution < -0.4 is 0 Å². The Kier molecular flexibility index (Phi) is 5.40. The van der Waals surface area contributed by atoms with Crippen LogP contribution in [0.4, 0.5) is 0 Å². The van der Waals surface area contributed by atoms with E-state index in [1.54, 1.807) is 24.9 Å². The third-order valence-corrected chi connectivity index (χ3v) is 3.88. The van der Waals surface area contributed by atoms with Gasteiger partial charge in [0.25, 0.3) is 0 Å². The van der Waals surface area contributed by atoms with Crippen LogP contribution in [0.3, 0.4) is 0 Å². The summed E-state index contributed by atoms with van der Waals surface area (Å²) >= 11 is 7.57. The zero-order valence-electron chi connectivity index (χ0n) is 11.8. The van der Waals surface area contributed by atoms with Crippen LogP contribution in [0.2, 0.25) is 5.15 Å². The van der Waals surface area contributed by atoms with E-state index in [1.807, 2.05) is 0 Å². The molecule has 20 heavy (non-hydrogen) atoms. The summed E-state index contributed by atoms with van der Waals surface area (Å²) in [7, 11) is 1.61. The molecule has 0 fully saturated rings. The van der Waals surface area contributed by atoms with Crippen LogP contribution in [-0.4, -0.2) is 17.1 Å². The average molecular weight is 309 g/mol. The zero-order valence-corrected chi connectivity index (χ0v) is 13.3. The highest BCUT2D eigenvalue weighted by molar-refractivity contribution is 7.99. The lowest BCUT2D eigenvalue weighted by Crippen LogP contribution is -1.98. The summed E-state index contributed by atoms with van der Waals surface area (Å²) in [5.41, 5.74) is 1.33. The van der Waals surface area contributed by atoms with E-state index in [4.69, 9.17) is 16.3 Å². The Labute approximate surface area is 128 Å². The fourth-order valence-corrected chi connectivity index (χ4v) is 2.83. The number of hydrogen-bond donors (Lipinski definition) is 0. The van der Waals surface area contributed by atoms with E-state index in [1.165, 1.54) is 5.56 Å². The molecule has 0 atom stereocenters. The van der Waals surface area contributed by atoms with Crippen LogP contribution >= 0.6 is 23.4 Å². The van der Waals surface area contributed by atoms with Crippen LogP contribution in [0.1, 0.15) is 31.2 Å². The highest BCUT2D eigenvalue weighted by Gasteiger charge is 2.06. The van der Waals surface area contributed by atoms with Gasteiger partial charge in [-0.25, -0.2) is 9.97 Å². The molecule has 2 rings (SSSR count). The van der Waals surface area contributed by atoms with Crippen molar-refractivity contribution >= 4 is 23.4 Å². The van der Waals surface area contributed by atoms with Crippen molar-refractivity contribution in [2.75, 3.05) is 7.11 Å². The largest absolute Gasteiger partial charge is 0.377 e. The van der Waals surface area contributed by atoms with Gasteiger partial charge in [-0.3, -0.25) is 0 Å². The molecule has 106 valence electrons. The smallest absolute Gasteiger partial charge is 0.156 e. The highest BCUT2D eigenvalue weighted by atomic mass is 35.5. The van der Waals surface area contributed by atoms with Gasteiger partial charge < -0.3 is 4.74 Å². The molecule has 5 heteroatoms. The molecule has 1 heterocycles. The highest BCUT2D eigenvalue weighted by Crippen LogP contribution is 2.28. The minimum atomic E-state index is 0.362. The van der Waals surface area contributed by atoms with Crippen molar-refractivity contribution < 1.29 is 4.74 Å². The van der Waals surface area contributed by atoms with Crippen molar-refractivity contribution in [1.82, 2.24) is 9.97 Å². The average Bonchev–Trinajstić information content (AvgIpc) is 2.39. The van der Waals surface area contributed by atoms with E-state index < -0.39 is 0 Å². The number of hydrogen-bond acceptors (Lipinski definition) is 4. The van der Waals surface area contributed by atoms with Crippen molar-refractivity contribution in [2.45, 2.75) is 36.3 Å². The van der Waals surface area contributed by atoms with E-state index in [9.17, 15) is 0 Å². The van der Waals surface area contributed by atoms with Gasteiger partial charge >= 0.3 is 0 Å². The second kappa shape index (κ2) is 7.07. The Hall–Kier alpha value is -1.10. The number of aromatic nitrogens is 2. The number of nitrogens with zero attached hydrogens (tertiary/aromatic N) is 2. The maximum absolute atomic E-state index is 6.00. The maximum atomic E-state index is 6.00. The predicted molar refractivity (Wildman–Crippen MR) is 82.4 cm³/mol. The van der Waals surface area contributed by atoms with E-state index in [0.717, 1.165) is 9.92 Å². The van der Waals surface area contributed by atoms with Crippen LogP contribution in [0, 0.1) is 0 Å². The van der Waals surface area contributed by atoms with E-state index in [2.05, 4.69) is 48.1 Å². The van der Waals surface area contributed by atoms with Crippen LogP contribution in [0.25, 0.3) is 0 Å². The monoisotopic (exact) mass is 308 g/mol. The van der Waals surface area contributed by atoms with E-state index in [-0.39, 0.29) is 0 Å². The van der Waals surface area contributed by atoms with Gasteiger partial charge in [0, 0.05) is 18.1 Å². The molecule has 3 nitrogen and oxygen atoms in total. The molecule has 0 amide bonds. The van der Waals surface area contributed by atoms with E-state index in [0.29, 0.717) is 23.5 Å². The van der Waals surface area contributed by atoms with Crippen molar-refractivity contribution in [3.8, 4) is 0 Å². The standard InChI is InChI=1S/C15H17ClN2OS/c1-10(2)11-4-6-12(7-5-11)20-15-8-13(16)17-14(18-15)9-19-3/h4-8,10H,9H2,1-3H3. The van der Waals surface area contributed by atoms with E-state index >= 15 is 0 Å². The Morgan fingerprint density at radius 3 is 2.50 bits per heavy atom. The SMILES string of the molecule is COCc1nc(Cl)cc(Sc2ccc(C(C)C)cc2)n1. The summed E-state index contributed by atoms with van der Waals surface area (Å²) in [6.45, 7) is 4.73. The number of benzene rings is 1. The second-order valence-corrected chi connectivity index (χ2v) is 6.18. The van der Waals surface area contributed by atoms with Gasteiger partial charge in [-0.2, -0.15) is 0 Å². The van der Waals surface area contributed by atoms with Crippen molar-refractivity contribution in [3.63, 3.8) is 0 Å². The first-order valence-corrected chi connectivity index (χ1v) is 7.58. The first kappa shape index (κ1) is 15.3. The molecule has 0 radical (unpaired) electrons. The molecular formula is C15H17ClN2OS. The third kappa shape index (κ3) is 4.20. The predicted octanol–water partition coefficient (Wildman–Crippen LogP) is 4.55.